The molecule has 0 unspecified atom stereocenters. The van der Waals surface area contributed by atoms with Crippen LogP contribution in [0.3, 0.4) is 0 Å². The fraction of sp³-hybridized carbons (Fsp3) is 0.571. The highest BCUT2D eigenvalue weighted by atomic mass is 35.5. The van der Waals surface area contributed by atoms with Crippen molar-refractivity contribution in [1.29, 1.82) is 0 Å². The van der Waals surface area contributed by atoms with E-state index in [9.17, 15) is 0 Å². The highest BCUT2D eigenvalue weighted by Gasteiger charge is 2.32. The average Bonchev–Trinajstić information content (AvgIpc) is 2.38. The van der Waals surface area contributed by atoms with Crippen molar-refractivity contribution in [3.05, 3.63) is 22.7 Å². The predicted octanol–water partition coefficient (Wildman–Crippen LogP) is 3.23. The van der Waals surface area contributed by atoms with Crippen molar-refractivity contribution >= 4 is 11.6 Å². The SMILES string of the molecule is NC1(c2cc3c(cc2Cl)OCCO3)CCCCC1. The molecule has 18 heavy (non-hydrogen) atoms. The van der Waals surface area contributed by atoms with Gasteiger partial charge in [0.15, 0.2) is 11.5 Å². The van der Waals surface area contributed by atoms with E-state index in [2.05, 4.69) is 0 Å². The van der Waals surface area contributed by atoms with Gasteiger partial charge in [0, 0.05) is 16.6 Å². The first kappa shape index (κ1) is 12.1. The second-order valence-corrected chi connectivity index (χ2v) is 5.60. The zero-order valence-electron chi connectivity index (χ0n) is 10.4. The second kappa shape index (κ2) is 4.63. The van der Waals surface area contributed by atoms with Crippen molar-refractivity contribution in [3.8, 4) is 11.5 Å². The fourth-order valence-corrected chi connectivity index (χ4v) is 3.24. The largest absolute Gasteiger partial charge is 0.486 e. The Bertz CT molecular complexity index is 455. The van der Waals surface area contributed by atoms with Crippen molar-refractivity contribution in [2.45, 2.75) is 37.6 Å². The Morgan fingerprint density at radius 1 is 1.00 bits per heavy atom. The normalized spacial score (nSPS) is 21.7. The van der Waals surface area contributed by atoms with Gasteiger partial charge >= 0.3 is 0 Å². The zero-order chi connectivity index (χ0) is 12.6. The Balaban J connectivity index is 2.00. The number of benzene rings is 1. The van der Waals surface area contributed by atoms with Gasteiger partial charge in [0.1, 0.15) is 13.2 Å². The van der Waals surface area contributed by atoms with Gasteiger partial charge in [0.25, 0.3) is 0 Å². The quantitative estimate of drug-likeness (QED) is 0.850. The number of hydrogen-bond acceptors (Lipinski definition) is 3. The second-order valence-electron chi connectivity index (χ2n) is 5.19. The first-order valence-electron chi connectivity index (χ1n) is 6.58. The maximum Gasteiger partial charge on any atom is 0.162 e. The minimum Gasteiger partial charge on any atom is -0.486 e. The van der Waals surface area contributed by atoms with Crippen LogP contribution in [0.2, 0.25) is 5.02 Å². The Labute approximate surface area is 112 Å². The Morgan fingerprint density at radius 2 is 1.61 bits per heavy atom. The molecule has 0 radical (unpaired) electrons. The van der Waals surface area contributed by atoms with E-state index in [1.807, 2.05) is 12.1 Å². The van der Waals surface area contributed by atoms with E-state index < -0.39 is 0 Å². The molecule has 1 aromatic rings. The molecule has 0 atom stereocenters. The minimum atomic E-state index is -0.300. The molecule has 1 aromatic carbocycles. The third-order valence-electron chi connectivity index (χ3n) is 3.91. The maximum atomic E-state index is 6.53. The third-order valence-corrected chi connectivity index (χ3v) is 4.23. The number of nitrogens with two attached hydrogens (primary N) is 1. The van der Waals surface area contributed by atoms with Crippen LogP contribution >= 0.6 is 11.6 Å². The molecule has 1 fully saturated rings. The van der Waals surface area contributed by atoms with E-state index >= 15 is 0 Å². The van der Waals surface area contributed by atoms with Gasteiger partial charge in [-0.25, -0.2) is 0 Å². The molecule has 1 aliphatic carbocycles. The molecule has 98 valence electrons. The lowest BCUT2D eigenvalue weighted by molar-refractivity contribution is 0.170. The molecule has 0 spiro atoms. The van der Waals surface area contributed by atoms with Gasteiger partial charge in [0.2, 0.25) is 0 Å². The standard InChI is InChI=1S/C14H18ClNO2/c15-11-9-13-12(17-6-7-18-13)8-10(11)14(16)4-2-1-3-5-14/h8-9H,1-7,16H2. The van der Waals surface area contributed by atoms with Gasteiger partial charge in [-0.15, -0.1) is 0 Å². The topological polar surface area (TPSA) is 44.5 Å². The summed E-state index contributed by atoms with van der Waals surface area (Å²) < 4.78 is 11.1. The van der Waals surface area contributed by atoms with Gasteiger partial charge in [-0.2, -0.15) is 0 Å². The third kappa shape index (κ3) is 2.06. The van der Waals surface area contributed by atoms with Crippen molar-refractivity contribution < 1.29 is 9.47 Å². The van der Waals surface area contributed by atoms with Crippen LogP contribution in [0.25, 0.3) is 0 Å². The monoisotopic (exact) mass is 267 g/mol. The molecule has 1 aliphatic heterocycles. The molecule has 0 aromatic heterocycles. The van der Waals surface area contributed by atoms with E-state index in [0.29, 0.717) is 18.2 Å². The lowest BCUT2D eigenvalue weighted by Gasteiger charge is -2.35. The molecule has 2 aliphatic rings. The van der Waals surface area contributed by atoms with Gasteiger partial charge in [-0.3, -0.25) is 0 Å². The van der Waals surface area contributed by atoms with Gasteiger partial charge < -0.3 is 15.2 Å². The molecular formula is C14H18ClNO2. The van der Waals surface area contributed by atoms with Gasteiger partial charge in [-0.05, 0) is 24.5 Å². The number of ether oxygens (including phenoxy) is 2. The average molecular weight is 268 g/mol. The highest BCUT2D eigenvalue weighted by Crippen LogP contribution is 2.43. The van der Waals surface area contributed by atoms with Crippen LogP contribution in [-0.2, 0) is 5.54 Å². The summed E-state index contributed by atoms with van der Waals surface area (Å²) in [6, 6.07) is 3.82. The summed E-state index contributed by atoms with van der Waals surface area (Å²) in [4.78, 5) is 0. The molecule has 0 bridgehead atoms. The number of fused-ring (bicyclic) bond motifs is 1. The van der Waals surface area contributed by atoms with Crippen LogP contribution in [0.1, 0.15) is 37.7 Å². The van der Waals surface area contributed by atoms with Gasteiger partial charge in [0.05, 0.1) is 0 Å². The van der Waals surface area contributed by atoms with Crippen LogP contribution < -0.4 is 15.2 Å². The van der Waals surface area contributed by atoms with E-state index in [1.54, 1.807) is 0 Å². The smallest absolute Gasteiger partial charge is 0.162 e. The molecule has 3 nitrogen and oxygen atoms in total. The molecule has 0 saturated heterocycles. The summed E-state index contributed by atoms with van der Waals surface area (Å²) in [5.41, 5.74) is 7.24. The summed E-state index contributed by atoms with van der Waals surface area (Å²) in [6.07, 6.45) is 5.59. The van der Waals surface area contributed by atoms with E-state index in [4.69, 9.17) is 26.8 Å². The predicted molar refractivity (Wildman–Crippen MR) is 71.4 cm³/mol. The molecule has 1 saturated carbocycles. The molecule has 1 heterocycles. The summed E-state index contributed by atoms with van der Waals surface area (Å²) in [5.74, 6) is 1.51. The molecule has 2 N–H and O–H groups in total. The zero-order valence-corrected chi connectivity index (χ0v) is 11.1. The fourth-order valence-electron chi connectivity index (χ4n) is 2.90. The summed E-state index contributed by atoms with van der Waals surface area (Å²) in [7, 11) is 0. The van der Waals surface area contributed by atoms with E-state index in [0.717, 1.165) is 29.9 Å². The number of halogens is 1. The lowest BCUT2D eigenvalue weighted by Crippen LogP contribution is -2.39. The van der Waals surface area contributed by atoms with Crippen LogP contribution in [0.15, 0.2) is 12.1 Å². The van der Waals surface area contributed by atoms with Crippen molar-refractivity contribution in [3.63, 3.8) is 0 Å². The Morgan fingerprint density at radius 3 is 2.28 bits per heavy atom. The van der Waals surface area contributed by atoms with Crippen molar-refractivity contribution in [2.75, 3.05) is 13.2 Å². The minimum absolute atomic E-state index is 0.300. The summed E-state index contributed by atoms with van der Waals surface area (Å²) >= 11 is 6.37. The number of rotatable bonds is 1. The highest BCUT2D eigenvalue weighted by molar-refractivity contribution is 6.31. The summed E-state index contributed by atoms with van der Waals surface area (Å²) in [5, 5.41) is 0.698. The first-order valence-corrected chi connectivity index (χ1v) is 6.95. The van der Waals surface area contributed by atoms with E-state index in [-0.39, 0.29) is 5.54 Å². The van der Waals surface area contributed by atoms with E-state index in [1.165, 1.54) is 19.3 Å². The van der Waals surface area contributed by atoms with Crippen LogP contribution in [0, 0.1) is 0 Å². The Hall–Kier alpha value is -0.930. The molecule has 0 amide bonds. The summed E-state index contributed by atoms with van der Waals surface area (Å²) in [6.45, 7) is 1.17. The van der Waals surface area contributed by atoms with Crippen LogP contribution in [-0.4, -0.2) is 13.2 Å². The lowest BCUT2D eigenvalue weighted by atomic mass is 9.77. The molecule has 4 heteroatoms. The van der Waals surface area contributed by atoms with Crippen LogP contribution in [0.5, 0.6) is 11.5 Å². The van der Waals surface area contributed by atoms with Crippen LogP contribution in [0.4, 0.5) is 0 Å². The molecule has 3 rings (SSSR count). The number of hydrogen-bond donors (Lipinski definition) is 1. The Kier molecular flexibility index (Phi) is 3.12. The molecular weight excluding hydrogens is 250 g/mol. The first-order chi connectivity index (χ1) is 8.69. The van der Waals surface area contributed by atoms with Gasteiger partial charge in [-0.1, -0.05) is 30.9 Å². The van der Waals surface area contributed by atoms with Crippen molar-refractivity contribution in [2.24, 2.45) is 5.73 Å². The maximum absolute atomic E-state index is 6.53. The van der Waals surface area contributed by atoms with Crippen molar-refractivity contribution in [1.82, 2.24) is 0 Å².